The lowest BCUT2D eigenvalue weighted by Gasteiger charge is -2.12. The van der Waals surface area contributed by atoms with Gasteiger partial charge in [-0.3, -0.25) is 0 Å². The first kappa shape index (κ1) is 11.1. The molecule has 1 aliphatic heterocycles. The van der Waals surface area contributed by atoms with Crippen molar-refractivity contribution in [2.75, 3.05) is 30.3 Å². The molecule has 0 spiro atoms. The molecular formula is C11H19N5. The zero-order valence-corrected chi connectivity index (χ0v) is 9.66. The maximum Gasteiger partial charge on any atom is 0.131 e. The van der Waals surface area contributed by atoms with E-state index in [1.165, 1.54) is 12.8 Å². The standard InChI is InChI=1S/C11H19N5/c1-2-12-10-6-11(16-8-15-10)14-7-9-4-3-5-13-9/h6,8-9,13H,2-5,7H2,1H3,(H2,12,14,15,16). The highest BCUT2D eigenvalue weighted by molar-refractivity contribution is 5.46. The highest BCUT2D eigenvalue weighted by Crippen LogP contribution is 2.10. The molecule has 0 radical (unpaired) electrons. The van der Waals surface area contributed by atoms with E-state index in [1.54, 1.807) is 6.33 Å². The van der Waals surface area contributed by atoms with Crippen LogP contribution in [0.3, 0.4) is 0 Å². The lowest BCUT2D eigenvalue weighted by Crippen LogP contribution is -2.29. The molecule has 2 rings (SSSR count). The second kappa shape index (κ2) is 5.65. The molecule has 16 heavy (non-hydrogen) atoms. The number of aromatic nitrogens is 2. The maximum absolute atomic E-state index is 4.19. The third kappa shape index (κ3) is 3.06. The normalized spacial score (nSPS) is 19.7. The molecule has 0 saturated carbocycles. The maximum atomic E-state index is 4.19. The van der Waals surface area contributed by atoms with Crippen molar-refractivity contribution in [2.45, 2.75) is 25.8 Å². The summed E-state index contributed by atoms with van der Waals surface area (Å²) in [6.45, 7) is 5.00. The second-order valence-corrected chi connectivity index (χ2v) is 3.99. The topological polar surface area (TPSA) is 61.9 Å². The van der Waals surface area contributed by atoms with Gasteiger partial charge in [0.25, 0.3) is 0 Å². The largest absolute Gasteiger partial charge is 0.370 e. The van der Waals surface area contributed by atoms with Crippen LogP contribution in [0.15, 0.2) is 12.4 Å². The summed E-state index contributed by atoms with van der Waals surface area (Å²) < 4.78 is 0. The van der Waals surface area contributed by atoms with Crippen LogP contribution >= 0.6 is 0 Å². The van der Waals surface area contributed by atoms with Gasteiger partial charge in [-0.05, 0) is 26.3 Å². The van der Waals surface area contributed by atoms with Gasteiger partial charge in [0, 0.05) is 25.2 Å². The number of hydrogen-bond donors (Lipinski definition) is 3. The van der Waals surface area contributed by atoms with Crippen LogP contribution in [-0.4, -0.2) is 35.6 Å². The third-order valence-electron chi connectivity index (χ3n) is 2.72. The molecule has 1 saturated heterocycles. The minimum Gasteiger partial charge on any atom is -0.370 e. The van der Waals surface area contributed by atoms with Gasteiger partial charge in [-0.1, -0.05) is 0 Å². The molecule has 0 amide bonds. The van der Waals surface area contributed by atoms with Gasteiger partial charge < -0.3 is 16.0 Å². The van der Waals surface area contributed by atoms with Gasteiger partial charge in [-0.25, -0.2) is 9.97 Å². The van der Waals surface area contributed by atoms with Crippen LogP contribution in [0, 0.1) is 0 Å². The average molecular weight is 221 g/mol. The van der Waals surface area contributed by atoms with Gasteiger partial charge in [0.1, 0.15) is 18.0 Å². The van der Waals surface area contributed by atoms with E-state index in [1.807, 2.05) is 6.07 Å². The Labute approximate surface area is 96.1 Å². The Kier molecular flexibility index (Phi) is 3.93. The fourth-order valence-electron chi connectivity index (χ4n) is 1.89. The molecule has 88 valence electrons. The highest BCUT2D eigenvalue weighted by atomic mass is 15.1. The zero-order chi connectivity index (χ0) is 11.2. The summed E-state index contributed by atoms with van der Waals surface area (Å²) in [5.74, 6) is 1.76. The van der Waals surface area contributed by atoms with Gasteiger partial charge in [0.2, 0.25) is 0 Å². The summed E-state index contributed by atoms with van der Waals surface area (Å²) in [5.41, 5.74) is 0. The number of nitrogens with zero attached hydrogens (tertiary/aromatic N) is 2. The van der Waals surface area contributed by atoms with Crippen molar-refractivity contribution in [3.8, 4) is 0 Å². The van der Waals surface area contributed by atoms with Gasteiger partial charge in [-0.15, -0.1) is 0 Å². The molecular weight excluding hydrogens is 202 g/mol. The number of nitrogens with one attached hydrogen (secondary N) is 3. The van der Waals surface area contributed by atoms with Crippen LogP contribution in [0.2, 0.25) is 0 Å². The molecule has 1 aliphatic rings. The van der Waals surface area contributed by atoms with Crippen molar-refractivity contribution in [3.63, 3.8) is 0 Å². The van der Waals surface area contributed by atoms with E-state index in [9.17, 15) is 0 Å². The number of hydrogen-bond acceptors (Lipinski definition) is 5. The van der Waals surface area contributed by atoms with Crippen molar-refractivity contribution in [1.82, 2.24) is 15.3 Å². The van der Waals surface area contributed by atoms with E-state index < -0.39 is 0 Å². The van der Waals surface area contributed by atoms with E-state index in [0.29, 0.717) is 6.04 Å². The van der Waals surface area contributed by atoms with Gasteiger partial charge in [0.05, 0.1) is 0 Å². The Morgan fingerprint density at radius 2 is 2.19 bits per heavy atom. The average Bonchev–Trinajstić information content (AvgIpc) is 2.80. The number of anilines is 2. The molecule has 5 nitrogen and oxygen atoms in total. The summed E-state index contributed by atoms with van der Waals surface area (Å²) in [7, 11) is 0. The monoisotopic (exact) mass is 221 g/mol. The van der Waals surface area contributed by atoms with E-state index in [4.69, 9.17) is 0 Å². The highest BCUT2D eigenvalue weighted by Gasteiger charge is 2.13. The van der Waals surface area contributed by atoms with Crippen molar-refractivity contribution in [3.05, 3.63) is 12.4 Å². The lowest BCUT2D eigenvalue weighted by atomic mass is 10.2. The first-order chi connectivity index (χ1) is 7.88. The van der Waals surface area contributed by atoms with Crippen molar-refractivity contribution in [1.29, 1.82) is 0 Å². The van der Waals surface area contributed by atoms with Crippen LogP contribution in [-0.2, 0) is 0 Å². The van der Waals surface area contributed by atoms with Crippen molar-refractivity contribution in [2.24, 2.45) is 0 Å². The molecule has 2 heterocycles. The predicted molar refractivity (Wildman–Crippen MR) is 65.7 cm³/mol. The van der Waals surface area contributed by atoms with E-state index in [2.05, 4.69) is 32.8 Å². The third-order valence-corrected chi connectivity index (χ3v) is 2.72. The smallest absolute Gasteiger partial charge is 0.131 e. The summed E-state index contributed by atoms with van der Waals surface area (Å²) >= 11 is 0. The molecule has 0 bridgehead atoms. The first-order valence-electron chi connectivity index (χ1n) is 5.91. The van der Waals surface area contributed by atoms with Gasteiger partial charge in [-0.2, -0.15) is 0 Å². The molecule has 0 aromatic carbocycles. The minimum atomic E-state index is 0.581. The quantitative estimate of drug-likeness (QED) is 0.694. The summed E-state index contributed by atoms with van der Waals surface area (Å²) in [4.78, 5) is 8.32. The summed E-state index contributed by atoms with van der Waals surface area (Å²) in [5, 5.41) is 9.95. The van der Waals surface area contributed by atoms with E-state index in [0.717, 1.165) is 31.3 Å². The molecule has 1 fully saturated rings. The number of rotatable bonds is 5. The zero-order valence-electron chi connectivity index (χ0n) is 9.66. The first-order valence-corrected chi connectivity index (χ1v) is 5.91. The SMILES string of the molecule is CCNc1cc(NCC2CCCN2)ncn1. The van der Waals surface area contributed by atoms with Crippen LogP contribution in [0.1, 0.15) is 19.8 Å². The fourth-order valence-corrected chi connectivity index (χ4v) is 1.89. The lowest BCUT2D eigenvalue weighted by molar-refractivity contribution is 0.632. The van der Waals surface area contributed by atoms with E-state index >= 15 is 0 Å². The van der Waals surface area contributed by atoms with Crippen LogP contribution in [0.5, 0.6) is 0 Å². The van der Waals surface area contributed by atoms with Crippen LogP contribution in [0.4, 0.5) is 11.6 Å². The molecule has 1 atom stereocenters. The molecule has 1 unspecified atom stereocenters. The van der Waals surface area contributed by atoms with Crippen molar-refractivity contribution >= 4 is 11.6 Å². The fraction of sp³-hybridized carbons (Fsp3) is 0.636. The molecule has 0 aliphatic carbocycles. The second-order valence-electron chi connectivity index (χ2n) is 3.99. The Morgan fingerprint density at radius 1 is 1.38 bits per heavy atom. The van der Waals surface area contributed by atoms with Crippen molar-refractivity contribution < 1.29 is 0 Å². The molecule has 3 N–H and O–H groups in total. The minimum absolute atomic E-state index is 0.581. The Hall–Kier alpha value is -1.36. The van der Waals surface area contributed by atoms with Gasteiger partial charge in [0.15, 0.2) is 0 Å². The predicted octanol–water partition coefficient (Wildman–Crippen LogP) is 1.07. The summed E-state index contributed by atoms with van der Waals surface area (Å²) in [6, 6.07) is 2.52. The Balaban J connectivity index is 1.85. The summed E-state index contributed by atoms with van der Waals surface area (Å²) in [6.07, 6.45) is 4.11. The molecule has 1 aromatic rings. The molecule has 5 heteroatoms. The van der Waals surface area contributed by atoms with E-state index in [-0.39, 0.29) is 0 Å². The van der Waals surface area contributed by atoms with Crippen LogP contribution < -0.4 is 16.0 Å². The Bertz CT molecular complexity index is 322. The molecule has 1 aromatic heterocycles. The van der Waals surface area contributed by atoms with Gasteiger partial charge >= 0.3 is 0 Å². The van der Waals surface area contributed by atoms with Crippen LogP contribution in [0.25, 0.3) is 0 Å². The Morgan fingerprint density at radius 3 is 2.88 bits per heavy atom.